The molecule has 0 saturated heterocycles. The Morgan fingerprint density at radius 2 is 2.40 bits per heavy atom. The predicted octanol–water partition coefficient (Wildman–Crippen LogP) is 2.13. The summed E-state index contributed by atoms with van der Waals surface area (Å²) in [5.41, 5.74) is -0.240. The molecule has 1 unspecified atom stereocenters. The highest BCUT2D eigenvalue weighted by Crippen LogP contribution is 2.22. The summed E-state index contributed by atoms with van der Waals surface area (Å²) < 4.78 is 5.26. The van der Waals surface area contributed by atoms with Gasteiger partial charge in [-0.05, 0) is 6.42 Å². The maximum atomic E-state index is 5.73. The minimum atomic E-state index is -0.240. The van der Waals surface area contributed by atoms with Crippen LogP contribution in [0.5, 0.6) is 0 Å². The van der Waals surface area contributed by atoms with Gasteiger partial charge in [-0.2, -0.15) is 0 Å². The quantitative estimate of drug-likeness (QED) is 0.560. The summed E-state index contributed by atoms with van der Waals surface area (Å²) in [6.07, 6.45) is 8.91. The monoisotopic (exact) mass is 158 g/mol. The maximum absolute atomic E-state index is 5.73. The lowest BCUT2D eigenvalue weighted by molar-refractivity contribution is 0.0536. The second-order valence-corrected chi connectivity index (χ2v) is 2.66. The van der Waals surface area contributed by atoms with Crippen molar-refractivity contribution in [3.8, 4) is 0 Å². The third-order valence-corrected chi connectivity index (χ3v) is 2.20. The second-order valence-electron chi connectivity index (χ2n) is 2.39. The molecule has 0 aromatic rings. The lowest BCUT2D eigenvalue weighted by Gasteiger charge is -2.26. The molecule has 1 aliphatic rings. The Bertz CT molecular complexity index is 157. The average molecular weight is 159 g/mol. The molecule has 10 heavy (non-hydrogen) atoms. The molecule has 0 aromatic heterocycles. The highest BCUT2D eigenvalue weighted by molar-refractivity contribution is 6.18. The first kappa shape index (κ1) is 7.83. The number of hydrogen-bond acceptors (Lipinski definition) is 1. The van der Waals surface area contributed by atoms with Crippen molar-refractivity contribution in [1.82, 2.24) is 0 Å². The molecule has 2 heteroatoms. The van der Waals surface area contributed by atoms with Gasteiger partial charge in [-0.3, -0.25) is 0 Å². The lowest BCUT2D eigenvalue weighted by atomic mass is 9.97. The molecule has 1 atom stereocenters. The minimum absolute atomic E-state index is 0.240. The number of halogens is 1. The molecule has 0 fully saturated rings. The van der Waals surface area contributed by atoms with Gasteiger partial charge in [-0.25, -0.2) is 0 Å². The van der Waals surface area contributed by atoms with Gasteiger partial charge in [0.2, 0.25) is 0 Å². The van der Waals surface area contributed by atoms with Crippen LogP contribution in [0.25, 0.3) is 0 Å². The fourth-order valence-corrected chi connectivity index (χ4v) is 1.26. The number of methoxy groups -OCH3 is 1. The molecule has 1 aliphatic carbocycles. The van der Waals surface area contributed by atoms with Crippen molar-refractivity contribution in [3.63, 3.8) is 0 Å². The number of allylic oxidation sites excluding steroid dienone is 2. The topological polar surface area (TPSA) is 9.23 Å². The molecule has 0 radical (unpaired) electrons. The van der Waals surface area contributed by atoms with Crippen LogP contribution in [0.2, 0.25) is 0 Å². The van der Waals surface area contributed by atoms with E-state index in [1.807, 2.05) is 18.2 Å². The van der Waals surface area contributed by atoms with E-state index < -0.39 is 0 Å². The van der Waals surface area contributed by atoms with Gasteiger partial charge in [0.05, 0.1) is 5.88 Å². The molecule has 0 aromatic carbocycles. The normalized spacial score (nSPS) is 31.0. The van der Waals surface area contributed by atoms with E-state index in [1.54, 1.807) is 7.11 Å². The third kappa shape index (κ3) is 1.41. The molecular weight excluding hydrogens is 148 g/mol. The summed E-state index contributed by atoms with van der Waals surface area (Å²) >= 11 is 5.73. The van der Waals surface area contributed by atoms with E-state index in [-0.39, 0.29) is 5.60 Å². The molecule has 0 bridgehead atoms. The Hall–Kier alpha value is -0.270. The zero-order chi connectivity index (χ0) is 7.45. The first-order chi connectivity index (χ1) is 4.83. The first-order valence-electron chi connectivity index (χ1n) is 3.28. The summed E-state index contributed by atoms with van der Waals surface area (Å²) in [5.74, 6) is 0.518. The Labute approximate surface area is 66.3 Å². The SMILES string of the molecule is COC1(CCl)C=CC=CC1. The zero-order valence-electron chi connectivity index (χ0n) is 6.01. The van der Waals surface area contributed by atoms with Crippen molar-refractivity contribution >= 4 is 11.6 Å². The number of ether oxygens (including phenoxy) is 1. The van der Waals surface area contributed by atoms with Crippen LogP contribution < -0.4 is 0 Å². The summed E-state index contributed by atoms with van der Waals surface area (Å²) in [6.45, 7) is 0. The van der Waals surface area contributed by atoms with Crippen molar-refractivity contribution in [2.45, 2.75) is 12.0 Å². The van der Waals surface area contributed by atoms with Crippen LogP contribution in [0, 0.1) is 0 Å². The van der Waals surface area contributed by atoms with Gasteiger partial charge >= 0.3 is 0 Å². The molecular formula is C8H11ClO. The Balaban J connectivity index is 2.66. The van der Waals surface area contributed by atoms with Crippen molar-refractivity contribution in [2.75, 3.05) is 13.0 Å². The minimum Gasteiger partial charge on any atom is -0.373 e. The van der Waals surface area contributed by atoms with E-state index in [4.69, 9.17) is 16.3 Å². The van der Waals surface area contributed by atoms with Gasteiger partial charge in [0.15, 0.2) is 0 Å². The highest BCUT2D eigenvalue weighted by atomic mass is 35.5. The maximum Gasteiger partial charge on any atom is 0.103 e. The molecule has 0 amide bonds. The molecule has 0 heterocycles. The summed E-state index contributed by atoms with van der Waals surface area (Å²) in [6, 6.07) is 0. The van der Waals surface area contributed by atoms with Gasteiger partial charge in [0, 0.05) is 7.11 Å². The summed E-state index contributed by atoms with van der Waals surface area (Å²) in [4.78, 5) is 0. The van der Waals surface area contributed by atoms with E-state index >= 15 is 0 Å². The van der Waals surface area contributed by atoms with E-state index in [9.17, 15) is 0 Å². The third-order valence-electron chi connectivity index (χ3n) is 1.74. The Morgan fingerprint density at radius 3 is 2.70 bits per heavy atom. The highest BCUT2D eigenvalue weighted by Gasteiger charge is 2.24. The van der Waals surface area contributed by atoms with E-state index in [2.05, 4.69) is 6.08 Å². The Morgan fingerprint density at radius 1 is 1.60 bits per heavy atom. The van der Waals surface area contributed by atoms with E-state index in [0.29, 0.717) is 5.88 Å². The van der Waals surface area contributed by atoms with Gasteiger partial charge in [-0.15, -0.1) is 11.6 Å². The van der Waals surface area contributed by atoms with Gasteiger partial charge in [-0.1, -0.05) is 24.3 Å². The van der Waals surface area contributed by atoms with Crippen LogP contribution in [-0.4, -0.2) is 18.6 Å². The Kier molecular flexibility index (Phi) is 2.52. The average Bonchev–Trinajstić information content (AvgIpc) is 2.06. The smallest absolute Gasteiger partial charge is 0.103 e. The summed E-state index contributed by atoms with van der Waals surface area (Å²) in [7, 11) is 1.69. The molecule has 0 spiro atoms. The number of rotatable bonds is 2. The van der Waals surface area contributed by atoms with Crippen LogP contribution in [-0.2, 0) is 4.74 Å². The van der Waals surface area contributed by atoms with Crippen LogP contribution in [0.3, 0.4) is 0 Å². The van der Waals surface area contributed by atoms with E-state index in [0.717, 1.165) is 6.42 Å². The number of alkyl halides is 1. The molecule has 0 aliphatic heterocycles. The fraction of sp³-hybridized carbons (Fsp3) is 0.500. The summed E-state index contributed by atoms with van der Waals surface area (Å²) in [5, 5.41) is 0. The van der Waals surface area contributed by atoms with Crippen molar-refractivity contribution in [3.05, 3.63) is 24.3 Å². The first-order valence-corrected chi connectivity index (χ1v) is 3.82. The van der Waals surface area contributed by atoms with Gasteiger partial charge in [0.1, 0.15) is 5.60 Å². The molecule has 56 valence electrons. The fourth-order valence-electron chi connectivity index (χ4n) is 0.950. The predicted molar refractivity (Wildman–Crippen MR) is 43.4 cm³/mol. The van der Waals surface area contributed by atoms with Gasteiger partial charge < -0.3 is 4.74 Å². The lowest BCUT2D eigenvalue weighted by Crippen LogP contribution is -2.31. The van der Waals surface area contributed by atoms with Crippen molar-refractivity contribution in [1.29, 1.82) is 0 Å². The molecule has 1 nitrogen and oxygen atoms in total. The molecule has 1 rings (SSSR count). The number of hydrogen-bond donors (Lipinski definition) is 0. The second kappa shape index (κ2) is 3.22. The van der Waals surface area contributed by atoms with Crippen LogP contribution in [0.4, 0.5) is 0 Å². The van der Waals surface area contributed by atoms with Crippen molar-refractivity contribution < 1.29 is 4.74 Å². The standard InChI is InChI=1S/C8H11ClO/c1-10-8(7-9)5-3-2-4-6-8/h2-5H,6-7H2,1H3. The van der Waals surface area contributed by atoms with Crippen LogP contribution >= 0.6 is 11.6 Å². The zero-order valence-corrected chi connectivity index (χ0v) is 6.77. The largest absolute Gasteiger partial charge is 0.373 e. The van der Waals surface area contributed by atoms with E-state index in [1.165, 1.54) is 0 Å². The van der Waals surface area contributed by atoms with Crippen LogP contribution in [0.1, 0.15) is 6.42 Å². The molecule has 0 saturated carbocycles. The van der Waals surface area contributed by atoms with Crippen molar-refractivity contribution in [2.24, 2.45) is 0 Å². The molecule has 0 N–H and O–H groups in total. The van der Waals surface area contributed by atoms with Crippen LogP contribution in [0.15, 0.2) is 24.3 Å². The van der Waals surface area contributed by atoms with Gasteiger partial charge in [0.25, 0.3) is 0 Å².